The number of hydrogen-bond acceptors (Lipinski definition) is 4. The van der Waals surface area contributed by atoms with Crippen molar-refractivity contribution in [3.05, 3.63) is 41.0 Å². The molecule has 6 nitrogen and oxygen atoms in total. The van der Waals surface area contributed by atoms with Gasteiger partial charge in [-0.15, -0.1) is 0 Å². The van der Waals surface area contributed by atoms with Crippen LogP contribution in [0.3, 0.4) is 0 Å². The number of hydrogen-bond donors (Lipinski definition) is 2. The SMILES string of the molecule is Cc1nc(CN(C)C(=O)c2cc(N)c(F)cc2F)n[nH]1. The van der Waals surface area contributed by atoms with E-state index in [1.807, 2.05) is 0 Å². The minimum atomic E-state index is -0.959. The molecule has 2 aromatic rings. The third-order valence-electron chi connectivity index (χ3n) is 2.69. The summed E-state index contributed by atoms with van der Waals surface area (Å²) < 4.78 is 26.7. The number of carbonyl (C=O) groups excluding carboxylic acids is 1. The lowest BCUT2D eigenvalue weighted by Gasteiger charge is -2.16. The number of aromatic amines is 1. The van der Waals surface area contributed by atoms with E-state index in [1.54, 1.807) is 6.92 Å². The van der Waals surface area contributed by atoms with Gasteiger partial charge in [-0.05, 0) is 13.0 Å². The van der Waals surface area contributed by atoms with Crippen molar-refractivity contribution in [2.24, 2.45) is 0 Å². The van der Waals surface area contributed by atoms with E-state index in [1.165, 1.54) is 11.9 Å². The maximum Gasteiger partial charge on any atom is 0.257 e. The molecule has 1 heterocycles. The largest absolute Gasteiger partial charge is 0.396 e. The third kappa shape index (κ3) is 2.73. The monoisotopic (exact) mass is 281 g/mol. The first-order chi connectivity index (χ1) is 9.38. The quantitative estimate of drug-likeness (QED) is 0.829. The van der Waals surface area contributed by atoms with Gasteiger partial charge in [-0.3, -0.25) is 9.89 Å². The van der Waals surface area contributed by atoms with Gasteiger partial charge in [0.2, 0.25) is 0 Å². The summed E-state index contributed by atoms with van der Waals surface area (Å²) in [5.74, 6) is -1.48. The molecular weight excluding hydrogens is 268 g/mol. The fourth-order valence-electron chi connectivity index (χ4n) is 1.68. The van der Waals surface area contributed by atoms with Crippen molar-refractivity contribution in [3.63, 3.8) is 0 Å². The Kier molecular flexibility index (Phi) is 3.64. The number of halogens is 2. The highest BCUT2D eigenvalue weighted by molar-refractivity contribution is 5.95. The molecule has 0 bridgehead atoms. The molecule has 2 rings (SSSR count). The molecular formula is C12H13F2N5O. The number of benzene rings is 1. The molecule has 0 saturated carbocycles. The highest BCUT2D eigenvalue weighted by atomic mass is 19.1. The Bertz CT molecular complexity index is 655. The first kappa shape index (κ1) is 13.9. The minimum Gasteiger partial charge on any atom is -0.396 e. The standard InChI is InChI=1S/C12H13F2N5O/c1-6-16-11(18-17-6)5-19(2)12(20)7-3-10(15)9(14)4-8(7)13/h3-4H,5,15H2,1-2H3,(H,16,17,18). The zero-order valence-electron chi connectivity index (χ0n) is 10.9. The summed E-state index contributed by atoms with van der Waals surface area (Å²) in [5.41, 5.74) is 4.77. The molecule has 1 aromatic heterocycles. The van der Waals surface area contributed by atoms with E-state index in [9.17, 15) is 13.6 Å². The van der Waals surface area contributed by atoms with Gasteiger partial charge in [0.1, 0.15) is 17.5 Å². The van der Waals surface area contributed by atoms with Crippen LogP contribution in [0.2, 0.25) is 0 Å². The smallest absolute Gasteiger partial charge is 0.257 e. The number of nitrogen functional groups attached to an aromatic ring is 1. The molecule has 0 aliphatic rings. The zero-order chi connectivity index (χ0) is 14.9. The number of nitrogens with one attached hydrogen (secondary N) is 1. The van der Waals surface area contributed by atoms with Gasteiger partial charge in [0.05, 0.1) is 17.8 Å². The third-order valence-corrected chi connectivity index (χ3v) is 2.69. The van der Waals surface area contributed by atoms with Crippen LogP contribution in [0.4, 0.5) is 14.5 Å². The Hall–Kier alpha value is -2.51. The number of nitrogens with zero attached hydrogens (tertiary/aromatic N) is 3. The molecule has 1 aromatic carbocycles. The number of aryl methyl sites for hydroxylation is 1. The number of anilines is 1. The summed E-state index contributed by atoms with van der Waals surface area (Å²) in [6.45, 7) is 1.82. The molecule has 0 saturated heterocycles. The Morgan fingerprint density at radius 1 is 1.40 bits per heavy atom. The molecule has 1 amide bonds. The second kappa shape index (κ2) is 5.24. The number of amides is 1. The van der Waals surface area contributed by atoms with Crippen LogP contribution in [0.5, 0.6) is 0 Å². The van der Waals surface area contributed by atoms with Gasteiger partial charge in [-0.2, -0.15) is 5.10 Å². The van der Waals surface area contributed by atoms with E-state index in [0.717, 1.165) is 6.07 Å². The van der Waals surface area contributed by atoms with Crippen LogP contribution in [-0.4, -0.2) is 33.0 Å². The number of aromatic nitrogens is 3. The molecule has 0 aliphatic heterocycles. The Morgan fingerprint density at radius 3 is 2.70 bits per heavy atom. The van der Waals surface area contributed by atoms with Crippen LogP contribution in [0.1, 0.15) is 22.0 Å². The first-order valence-corrected chi connectivity index (χ1v) is 5.76. The van der Waals surface area contributed by atoms with Crippen molar-refractivity contribution in [1.29, 1.82) is 0 Å². The molecule has 8 heteroatoms. The first-order valence-electron chi connectivity index (χ1n) is 5.76. The Morgan fingerprint density at radius 2 is 2.10 bits per heavy atom. The molecule has 0 atom stereocenters. The molecule has 106 valence electrons. The summed E-state index contributed by atoms with van der Waals surface area (Å²) in [6, 6.07) is 1.57. The van der Waals surface area contributed by atoms with Crippen molar-refractivity contribution in [2.75, 3.05) is 12.8 Å². The van der Waals surface area contributed by atoms with Gasteiger partial charge < -0.3 is 10.6 Å². The van der Waals surface area contributed by atoms with Crippen LogP contribution < -0.4 is 5.73 Å². The fraction of sp³-hybridized carbons (Fsp3) is 0.250. The normalized spacial score (nSPS) is 10.6. The van der Waals surface area contributed by atoms with Crippen molar-refractivity contribution in [2.45, 2.75) is 13.5 Å². The topological polar surface area (TPSA) is 87.9 Å². The number of rotatable bonds is 3. The van der Waals surface area contributed by atoms with E-state index in [0.29, 0.717) is 17.7 Å². The number of carbonyl (C=O) groups is 1. The maximum atomic E-state index is 13.6. The predicted molar refractivity (Wildman–Crippen MR) is 67.7 cm³/mol. The number of H-pyrrole nitrogens is 1. The fourth-order valence-corrected chi connectivity index (χ4v) is 1.68. The lowest BCUT2D eigenvalue weighted by molar-refractivity contribution is 0.0777. The lowest BCUT2D eigenvalue weighted by atomic mass is 10.1. The van der Waals surface area contributed by atoms with Crippen LogP contribution in [0, 0.1) is 18.6 Å². The van der Waals surface area contributed by atoms with Gasteiger partial charge in [0.15, 0.2) is 5.82 Å². The molecule has 0 unspecified atom stereocenters. The summed E-state index contributed by atoms with van der Waals surface area (Å²) >= 11 is 0. The van der Waals surface area contributed by atoms with Crippen LogP contribution in [0.15, 0.2) is 12.1 Å². The average molecular weight is 281 g/mol. The number of nitrogens with two attached hydrogens (primary N) is 1. The summed E-state index contributed by atoms with van der Waals surface area (Å²) in [5, 5.41) is 6.52. The van der Waals surface area contributed by atoms with Gasteiger partial charge in [-0.25, -0.2) is 13.8 Å². The Balaban J connectivity index is 2.20. The molecule has 0 fully saturated rings. The summed E-state index contributed by atoms with van der Waals surface area (Å²) in [7, 11) is 1.47. The molecule has 20 heavy (non-hydrogen) atoms. The Labute approximate surface area is 113 Å². The highest BCUT2D eigenvalue weighted by Gasteiger charge is 2.19. The van der Waals surface area contributed by atoms with E-state index in [2.05, 4.69) is 15.2 Å². The van der Waals surface area contributed by atoms with E-state index in [-0.39, 0.29) is 17.8 Å². The molecule has 3 N–H and O–H groups in total. The summed E-state index contributed by atoms with van der Waals surface area (Å²) in [6.07, 6.45) is 0. The van der Waals surface area contributed by atoms with E-state index in [4.69, 9.17) is 5.73 Å². The average Bonchev–Trinajstić information content (AvgIpc) is 2.78. The van der Waals surface area contributed by atoms with Gasteiger partial charge in [0.25, 0.3) is 5.91 Å². The van der Waals surface area contributed by atoms with Gasteiger partial charge >= 0.3 is 0 Å². The van der Waals surface area contributed by atoms with Crippen molar-refractivity contribution in [1.82, 2.24) is 20.1 Å². The lowest BCUT2D eigenvalue weighted by Crippen LogP contribution is -2.27. The highest BCUT2D eigenvalue weighted by Crippen LogP contribution is 2.18. The molecule has 0 spiro atoms. The minimum absolute atomic E-state index is 0.0971. The second-order valence-corrected chi connectivity index (χ2v) is 4.35. The van der Waals surface area contributed by atoms with Crippen LogP contribution in [-0.2, 0) is 6.54 Å². The second-order valence-electron chi connectivity index (χ2n) is 4.35. The predicted octanol–water partition coefficient (Wildman–Crippen LogP) is 1.25. The van der Waals surface area contributed by atoms with E-state index >= 15 is 0 Å². The van der Waals surface area contributed by atoms with Crippen molar-refractivity contribution < 1.29 is 13.6 Å². The van der Waals surface area contributed by atoms with Gasteiger partial charge in [0, 0.05) is 13.1 Å². The molecule has 0 aliphatic carbocycles. The maximum absolute atomic E-state index is 13.6. The van der Waals surface area contributed by atoms with Crippen molar-refractivity contribution in [3.8, 4) is 0 Å². The summed E-state index contributed by atoms with van der Waals surface area (Å²) in [4.78, 5) is 17.3. The molecule has 0 radical (unpaired) electrons. The van der Waals surface area contributed by atoms with E-state index < -0.39 is 17.5 Å². The van der Waals surface area contributed by atoms with Crippen LogP contribution in [0.25, 0.3) is 0 Å². The van der Waals surface area contributed by atoms with Gasteiger partial charge in [-0.1, -0.05) is 0 Å². The zero-order valence-corrected chi connectivity index (χ0v) is 10.9. The van der Waals surface area contributed by atoms with Crippen molar-refractivity contribution >= 4 is 11.6 Å². The van der Waals surface area contributed by atoms with Crippen LogP contribution >= 0.6 is 0 Å².